The van der Waals surface area contributed by atoms with E-state index in [1.54, 1.807) is 29.2 Å². The molecule has 0 atom stereocenters. The van der Waals surface area contributed by atoms with E-state index in [1.165, 1.54) is 12.1 Å². The number of carbonyl (C=O) groups is 1. The fourth-order valence-electron chi connectivity index (χ4n) is 2.99. The van der Waals surface area contributed by atoms with Crippen LogP contribution < -0.4 is 4.74 Å². The van der Waals surface area contributed by atoms with Gasteiger partial charge in [-0.3, -0.25) is 9.69 Å². The van der Waals surface area contributed by atoms with E-state index in [-0.39, 0.29) is 17.2 Å². The molecule has 144 valence electrons. The first kappa shape index (κ1) is 19.8. The van der Waals surface area contributed by atoms with Gasteiger partial charge in [0.05, 0.1) is 5.56 Å². The van der Waals surface area contributed by atoms with Crippen molar-refractivity contribution in [1.82, 2.24) is 14.8 Å². The normalized spacial score (nSPS) is 15.2. The number of aromatic nitrogens is 1. The maximum Gasteiger partial charge on any atom is 0.387 e. The number of piperazine rings is 1. The van der Waals surface area contributed by atoms with Crippen LogP contribution in [-0.4, -0.2) is 53.5 Å². The van der Waals surface area contributed by atoms with E-state index in [0.29, 0.717) is 43.0 Å². The summed E-state index contributed by atoms with van der Waals surface area (Å²) >= 11 is 11.8. The van der Waals surface area contributed by atoms with Crippen molar-refractivity contribution in [2.45, 2.75) is 13.2 Å². The van der Waals surface area contributed by atoms with Gasteiger partial charge in [-0.25, -0.2) is 4.98 Å². The number of rotatable bonds is 5. The summed E-state index contributed by atoms with van der Waals surface area (Å²) in [6.45, 7) is -0.102. The lowest BCUT2D eigenvalue weighted by Gasteiger charge is -2.35. The van der Waals surface area contributed by atoms with Gasteiger partial charge >= 0.3 is 6.61 Å². The Hall–Kier alpha value is -1.96. The van der Waals surface area contributed by atoms with Crippen LogP contribution in [0.25, 0.3) is 0 Å². The van der Waals surface area contributed by atoms with E-state index in [2.05, 4.69) is 14.6 Å². The molecule has 2 heterocycles. The Morgan fingerprint density at radius 3 is 2.37 bits per heavy atom. The van der Waals surface area contributed by atoms with E-state index < -0.39 is 6.61 Å². The molecule has 0 radical (unpaired) electrons. The summed E-state index contributed by atoms with van der Waals surface area (Å²) in [7, 11) is 0. The molecule has 1 aliphatic heterocycles. The Kier molecular flexibility index (Phi) is 6.46. The second-order valence-electron chi connectivity index (χ2n) is 6.06. The molecule has 3 rings (SSSR count). The minimum absolute atomic E-state index is 0.110. The fourth-order valence-corrected chi connectivity index (χ4v) is 3.49. The predicted octanol–water partition coefficient (Wildman–Crippen LogP) is 3.95. The molecule has 0 aliphatic carbocycles. The van der Waals surface area contributed by atoms with Crippen LogP contribution in [0.4, 0.5) is 8.78 Å². The fraction of sp³-hybridized carbons (Fsp3) is 0.333. The van der Waals surface area contributed by atoms with E-state index in [4.69, 9.17) is 23.2 Å². The molecule has 0 saturated carbocycles. The summed E-state index contributed by atoms with van der Waals surface area (Å²) in [6.07, 6.45) is 0. The van der Waals surface area contributed by atoms with Crippen LogP contribution in [0.1, 0.15) is 15.9 Å². The maximum atomic E-state index is 12.7. The van der Waals surface area contributed by atoms with Gasteiger partial charge in [0.2, 0.25) is 0 Å². The summed E-state index contributed by atoms with van der Waals surface area (Å²) in [5, 5.41) is 0.670. The Labute approximate surface area is 165 Å². The SMILES string of the molecule is O=C(c1ccccc1OC(F)F)N1CCN(Cc2cc(Cl)nc(Cl)c2)CC1. The van der Waals surface area contributed by atoms with Gasteiger partial charge in [-0.2, -0.15) is 8.78 Å². The summed E-state index contributed by atoms with van der Waals surface area (Å²) in [6, 6.07) is 9.54. The van der Waals surface area contributed by atoms with Crippen molar-refractivity contribution in [3.8, 4) is 5.75 Å². The number of nitrogens with zero attached hydrogens (tertiary/aromatic N) is 3. The van der Waals surface area contributed by atoms with Crippen molar-refractivity contribution in [2.24, 2.45) is 0 Å². The molecular weight excluding hydrogens is 399 g/mol. The number of amides is 1. The topological polar surface area (TPSA) is 45.7 Å². The Balaban J connectivity index is 1.61. The quantitative estimate of drug-likeness (QED) is 0.693. The molecule has 9 heteroatoms. The molecule has 1 fully saturated rings. The molecule has 0 bridgehead atoms. The highest BCUT2D eigenvalue weighted by Crippen LogP contribution is 2.23. The summed E-state index contributed by atoms with van der Waals surface area (Å²) in [4.78, 5) is 20.4. The number of ether oxygens (including phenoxy) is 1. The number of carbonyl (C=O) groups excluding carboxylic acids is 1. The highest BCUT2D eigenvalue weighted by atomic mass is 35.5. The van der Waals surface area contributed by atoms with Crippen LogP contribution in [0, 0.1) is 0 Å². The van der Waals surface area contributed by atoms with Gasteiger partial charge in [-0.05, 0) is 29.8 Å². The average molecular weight is 416 g/mol. The molecule has 1 aliphatic rings. The lowest BCUT2D eigenvalue weighted by atomic mass is 10.1. The lowest BCUT2D eigenvalue weighted by molar-refractivity contribution is -0.0503. The van der Waals surface area contributed by atoms with Crippen LogP contribution in [0.15, 0.2) is 36.4 Å². The summed E-state index contributed by atoms with van der Waals surface area (Å²) in [5.41, 5.74) is 1.08. The molecule has 1 aromatic heterocycles. The molecule has 5 nitrogen and oxygen atoms in total. The predicted molar refractivity (Wildman–Crippen MR) is 98.5 cm³/mol. The Morgan fingerprint density at radius 1 is 1.11 bits per heavy atom. The number of halogens is 4. The van der Waals surface area contributed by atoms with Crippen molar-refractivity contribution < 1.29 is 18.3 Å². The van der Waals surface area contributed by atoms with Crippen LogP contribution >= 0.6 is 23.2 Å². The standard InChI is InChI=1S/C18H17Cl2F2N3O2/c19-15-9-12(10-16(20)23-15)11-24-5-7-25(8-6-24)17(26)13-3-1-2-4-14(13)27-18(21)22/h1-4,9-10,18H,5-8,11H2. The molecular formula is C18H17Cl2F2N3O2. The molecule has 2 aromatic rings. The minimum Gasteiger partial charge on any atom is -0.434 e. The first-order chi connectivity index (χ1) is 12.9. The average Bonchev–Trinajstić information content (AvgIpc) is 2.61. The summed E-state index contributed by atoms with van der Waals surface area (Å²) < 4.78 is 29.5. The third-order valence-electron chi connectivity index (χ3n) is 4.22. The largest absolute Gasteiger partial charge is 0.434 e. The Morgan fingerprint density at radius 2 is 1.74 bits per heavy atom. The first-order valence-corrected chi connectivity index (χ1v) is 9.05. The second kappa shape index (κ2) is 8.82. The third kappa shape index (κ3) is 5.28. The smallest absolute Gasteiger partial charge is 0.387 e. The van der Waals surface area contributed by atoms with Crippen molar-refractivity contribution in [2.75, 3.05) is 26.2 Å². The van der Waals surface area contributed by atoms with Crippen LogP contribution in [-0.2, 0) is 6.54 Å². The van der Waals surface area contributed by atoms with Crippen LogP contribution in [0.3, 0.4) is 0 Å². The third-order valence-corrected chi connectivity index (χ3v) is 4.61. The molecule has 1 saturated heterocycles. The molecule has 1 aromatic carbocycles. The molecule has 0 N–H and O–H groups in total. The zero-order valence-corrected chi connectivity index (χ0v) is 15.8. The lowest BCUT2D eigenvalue weighted by Crippen LogP contribution is -2.48. The number of benzene rings is 1. The van der Waals surface area contributed by atoms with E-state index in [9.17, 15) is 13.6 Å². The maximum absolute atomic E-state index is 12.7. The van der Waals surface area contributed by atoms with Crippen molar-refractivity contribution in [3.63, 3.8) is 0 Å². The van der Waals surface area contributed by atoms with Gasteiger partial charge in [0, 0.05) is 32.7 Å². The van der Waals surface area contributed by atoms with Gasteiger partial charge in [0.25, 0.3) is 5.91 Å². The van der Waals surface area contributed by atoms with E-state index in [0.717, 1.165) is 5.56 Å². The molecule has 0 spiro atoms. The van der Waals surface area contributed by atoms with Crippen molar-refractivity contribution in [3.05, 3.63) is 57.8 Å². The number of pyridine rings is 1. The minimum atomic E-state index is -2.98. The number of alkyl halides is 2. The zero-order chi connectivity index (χ0) is 19.4. The van der Waals surface area contributed by atoms with E-state index in [1.807, 2.05) is 0 Å². The molecule has 27 heavy (non-hydrogen) atoms. The Bertz CT molecular complexity index is 795. The van der Waals surface area contributed by atoms with E-state index >= 15 is 0 Å². The van der Waals surface area contributed by atoms with Crippen LogP contribution in [0.5, 0.6) is 5.75 Å². The highest BCUT2D eigenvalue weighted by Gasteiger charge is 2.25. The van der Waals surface area contributed by atoms with Gasteiger partial charge in [-0.15, -0.1) is 0 Å². The van der Waals surface area contributed by atoms with Gasteiger partial charge in [0.15, 0.2) is 0 Å². The second-order valence-corrected chi connectivity index (χ2v) is 6.84. The molecule has 1 amide bonds. The zero-order valence-electron chi connectivity index (χ0n) is 14.2. The summed E-state index contributed by atoms with van der Waals surface area (Å²) in [5.74, 6) is -0.429. The molecule has 0 unspecified atom stereocenters. The number of hydrogen-bond donors (Lipinski definition) is 0. The van der Waals surface area contributed by atoms with Crippen molar-refractivity contribution in [1.29, 1.82) is 0 Å². The monoisotopic (exact) mass is 415 g/mol. The van der Waals surface area contributed by atoms with Gasteiger partial charge < -0.3 is 9.64 Å². The van der Waals surface area contributed by atoms with Gasteiger partial charge in [0.1, 0.15) is 16.1 Å². The van der Waals surface area contributed by atoms with Crippen LogP contribution in [0.2, 0.25) is 10.3 Å². The van der Waals surface area contributed by atoms with Gasteiger partial charge in [-0.1, -0.05) is 35.3 Å². The first-order valence-electron chi connectivity index (χ1n) is 8.30. The van der Waals surface area contributed by atoms with Crippen molar-refractivity contribution >= 4 is 29.1 Å². The highest BCUT2D eigenvalue weighted by molar-refractivity contribution is 6.32. The number of hydrogen-bond acceptors (Lipinski definition) is 4. The number of para-hydroxylation sites is 1.